The highest BCUT2D eigenvalue weighted by Crippen LogP contribution is 2.40. The molecule has 33 heavy (non-hydrogen) atoms. The van der Waals surface area contributed by atoms with Crippen LogP contribution in [0.5, 0.6) is 5.75 Å². The first-order valence-corrected chi connectivity index (χ1v) is 12.6. The molecule has 3 rings (SSSR count). The van der Waals surface area contributed by atoms with E-state index in [1.807, 2.05) is 42.7 Å². The maximum Gasteiger partial charge on any atom is 0.118 e. The maximum absolute atomic E-state index is 14.0. The molecule has 0 fully saturated rings. The summed E-state index contributed by atoms with van der Waals surface area (Å²) in [4.78, 5) is 4.23. The second-order valence-electron chi connectivity index (χ2n) is 8.37. The Labute approximate surface area is 201 Å². The van der Waals surface area contributed by atoms with E-state index < -0.39 is 0 Å². The van der Waals surface area contributed by atoms with Crippen LogP contribution < -0.4 is 10.1 Å². The third-order valence-corrected chi connectivity index (χ3v) is 6.58. The molecule has 1 aromatic carbocycles. The lowest BCUT2D eigenvalue weighted by atomic mass is 9.80. The van der Waals surface area contributed by atoms with Crippen LogP contribution in [0.4, 0.5) is 4.39 Å². The average Bonchev–Trinajstić information content (AvgIpc) is 2.82. The quantitative estimate of drug-likeness (QED) is 0.401. The van der Waals surface area contributed by atoms with Crippen molar-refractivity contribution in [3.63, 3.8) is 0 Å². The van der Waals surface area contributed by atoms with Crippen molar-refractivity contribution in [2.24, 2.45) is 5.92 Å². The largest absolute Gasteiger partial charge is 0.497 e. The van der Waals surface area contributed by atoms with Gasteiger partial charge in [0.1, 0.15) is 11.6 Å². The molecule has 5 heteroatoms. The lowest BCUT2D eigenvalue weighted by Crippen LogP contribution is -2.16. The van der Waals surface area contributed by atoms with Gasteiger partial charge in [-0.15, -0.1) is 0 Å². The first-order chi connectivity index (χ1) is 15.9. The van der Waals surface area contributed by atoms with Crippen molar-refractivity contribution < 1.29 is 9.13 Å². The average molecular weight is 465 g/mol. The van der Waals surface area contributed by atoms with E-state index >= 15 is 0 Å². The molecule has 174 valence electrons. The molecular formula is C28H33FN2OS. The van der Waals surface area contributed by atoms with Crippen LogP contribution in [-0.2, 0) is 6.54 Å². The molecule has 0 saturated carbocycles. The Morgan fingerprint density at radius 2 is 1.79 bits per heavy atom. The molecule has 2 aromatic rings. The summed E-state index contributed by atoms with van der Waals surface area (Å²) < 4.78 is 19.3. The molecule has 1 aromatic heterocycles. The highest BCUT2D eigenvalue weighted by molar-refractivity contribution is 7.98. The van der Waals surface area contributed by atoms with Crippen LogP contribution in [0.15, 0.2) is 89.2 Å². The fraction of sp³-hybridized carbons (Fsp3) is 0.321. The van der Waals surface area contributed by atoms with Gasteiger partial charge in [0.05, 0.1) is 7.11 Å². The Morgan fingerprint density at radius 1 is 1.09 bits per heavy atom. The van der Waals surface area contributed by atoms with Crippen LogP contribution in [0.3, 0.4) is 0 Å². The zero-order chi connectivity index (χ0) is 23.8. The van der Waals surface area contributed by atoms with Crippen LogP contribution in [0.1, 0.15) is 38.3 Å². The predicted octanol–water partition coefficient (Wildman–Crippen LogP) is 7.11. The van der Waals surface area contributed by atoms with Gasteiger partial charge in [0.25, 0.3) is 0 Å². The van der Waals surface area contributed by atoms with Gasteiger partial charge in [-0.2, -0.15) is 11.8 Å². The van der Waals surface area contributed by atoms with Crippen molar-refractivity contribution in [2.45, 2.75) is 33.7 Å². The van der Waals surface area contributed by atoms with Gasteiger partial charge in [-0.25, -0.2) is 4.39 Å². The summed E-state index contributed by atoms with van der Waals surface area (Å²) in [6, 6.07) is 12.2. The maximum atomic E-state index is 14.0. The van der Waals surface area contributed by atoms with Gasteiger partial charge in [-0.3, -0.25) is 4.98 Å². The number of allylic oxidation sites excluding steroid dienone is 7. The number of hydrogen-bond acceptors (Lipinski definition) is 4. The van der Waals surface area contributed by atoms with Gasteiger partial charge in [0.2, 0.25) is 0 Å². The topological polar surface area (TPSA) is 34.1 Å². The SMILES string of the molecule is COc1ccc(CN/C(C)=C(/C(C2=CC=C(F)CC2C)=C(\C)CSC)c2ccncc2)cc1. The molecular weight excluding hydrogens is 431 g/mol. The minimum atomic E-state index is -0.0584. The zero-order valence-electron chi connectivity index (χ0n) is 20.1. The highest BCUT2D eigenvalue weighted by atomic mass is 32.2. The van der Waals surface area contributed by atoms with E-state index in [2.05, 4.69) is 49.5 Å². The molecule has 1 aliphatic rings. The lowest BCUT2D eigenvalue weighted by molar-refractivity contribution is 0.414. The number of aromatic nitrogens is 1. The summed E-state index contributed by atoms with van der Waals surface area (Å²) in [5.74, 6) is 1.80. The number of nitrogens with one attached hydrogen (secondary N) is 1. The van der Waals surface area contributed by atoms with E-state index in [-0.39, 0.29) is 11.7 Å². The Morgan fingerprint density at radius 3 is 2.39 bits per heavy atom. The minimum absolute atomic E-state index is 0.0584. The van der Waals surface area contributed by atoms with Gasteiger partial charge in [0, 0.05) is 42.4 Å². The number of thioether (sulfide) groups is 1. The molecule has 0 bridgehead atoms. The molecule has 0 spiro atoms. The second kappa shape index (κ2) is 11.9. The zero-order valence-corrected chi connectivity index (χ0v) is 20.9. The van der Waals surface area contributed by atoms with Gasteiger partial charge in [-0.05, 0) is 78.6 Å². The molecule has 1 aliphatic carbocycles. The van der Waals surface area contributed by atoms with Crippen molar-refractivity contribution in [1.29, 1.82) is 0 Å². The van der Waals surface area contributed by atoms with Crippen LogP contribution in [0.2, 0.25) is 0 Å². The molecule has 3 nitrogen and oxygen atoms in total. The normalized spacial score (nSPS) is 17.5. The number of halogens is 1. The molecule has 1 unspecified atom stereocenters. The fourth-order valence-corrected chi connectivity index (χ4v) is 4.75. The Bertz CT molecular complexity index is 1070. The summed E-state index contributed by atoms with van der Waals surface area (Å²) in [5, 5.41) is 3.64. The van der Waals surface area contributed by atoms with E-state index in [1.54, 1.807) is 24.9 Å². The van der Waals surface area contributed by atoms with Crippen molar-refractivity contribution >= 4 is 17.3 Å². The van der Waals surface area contributed by atoms with Crippen LogP contribution >= 0.6 is 11.8 Å². The summed E-state index contributed by atoms with van der Waals surface area (Å²) in [5.41, 5.74) is 8.16. The molecule has 1 heterocycles. The first kappa shape index (κ1) is 24.8. The Balaban J connectivity index is 2.09. The Hall–Kier alpha value is -2.79. The van der Waals surface area contributed by atoms with E-state index in [9.17, 15) is 4.39 Å². The van der Waals surface area contributed by atoms with Gasteiger partial charge in [-0.1, -0.05) is 30.7 Å². The van der Waals surface area contributed by atoms with Gasteiger partial charge < -0.3 is 10.1 Å². The van der Waals surface area contributed by atoms with Crippen LogP contribution in [0.25, 0.3) is 5.57 Å². The van der Waals surface area contributed by atoms with Crippen molar-refractivity contribution in [2.75, 3.05) is 19.1 Å². The number of rotatable bonds is 9. The summed E-state index contributed by atoms with van der Waals surface area (Å²) in [7, 11) is 1.67. The monoisotopic (exact) mass is 464 g/mol. The fourth-order valence-electron chi connectivity index (χ4n) is 4.17. The number of methoxy groups -OCH3 is 1. The molecule has 1 N–H and O–H groups in total. The molecule has 0 aliphatic heterocycles. The first-order valence-electron chi connectivity index (χ1n) is 11.2. The van der Waals surface area contributed by atoms with E-state index in [0.29, 0.717) is 13.0 Å². The van der Waals surface area contributed by atoms with Crippen molar-refractivity contribution in [3.05, 3.63) is 100 Å². The van der Waals surface area contributed by atoms with E-state index in [4.69, 9.17) is 4.74 Å². The van der Waals surface area contributed by atoms with Gasteiger partial charge >= 0.3 is 0 Å². The van der Waals surface area contributed by atoms with Crippen LogP contribution in [0, 0.1) is 5.92 Å². The molecule has 0 saturated heterocycles. The summed E-state index contributed by atoms with van der Waals surface area (Å²) >= 11 is 1.80. The molecule has 0 amide bonds. The predicted molar refractivity (Wildman–Crippen MR) is 139 cm³/mol. The minimum Gasteiger partial charge on any atom is -0.497 e. The number of nitrogens with zero attached hydrogens (tertiary/aromatic N) is 1. The highest BCUT2D eigenvalue weighted by Gasteiger charge is 2.24. The van der Waals surface area contributed by atoms with Crippen molar-refractivity contribution in [1.82, 2.24) is 10.3 Å². The van der Waals surface area contributed by atoms with Gasteiger partial charge in [0.15, 0.2) is 0 Å². The smallest absolute Gasteiger partial charge is 0.118 e. The third kappa shape index (κ3) is 6.38. The Kier molecular flexibility index (Phi) is 8.95. The van der Waals surface area contributed by atoms with Crippen molar-refractivity contribution in [3.8, 4) is 5.75 Å². The second-order valence-corrected chi connectivity index (χ2v) is 9.23. The summed E-state index contributed by atoms with van der Waals surface area (Å²) in [6.07, 6.45) is 9.78. The van der Waals surface area contributed by atoms with E-state index in [1.165, 1.54) is 22.3 Å². The molecule has 1 atom stereocenters. The number of hydrogen-bond donors (Lipinski definition) is 1. The standard InChI is InChI=1S/C28H33FN2OS/c1-19-16-24(29)8-11-26(19)27(20(2)18-33-5)28(23-12-14-30-15-13-23)21(3)31-17-22-6-9-25(32-4)10-7-22/h6-15,19,31H,16-18H2,1-5H3/b27-20+,28-21+. The van der Waals surface area contributed by atoms with E-state index in [0.717, 1.165) is 28.3 Å². The third-order valence-electron chi connectivity index (χ3n) is 5.86. The molecule has 0 radical (unpaired) electrons. The number of benzene rings is 1. The number of pyridine rings is 1. The van der Waals surface area contributed by atoms with Crippen LogP contribution in [-0.4, -0.2) is 24.1 Å². The number of ether oxygens (including phenoxy) is 1. The lowest BCUT2D eigenvalue weighted by Gasteiger charge is -2.27. The summed E-state index contributed by atoms with van der Waals surface area (Å²) in [6.45, 7) is 7.11.